The lowest BCUT2D eigenvalue weighted by molar-refractivity contribution is 0.0951. The second-order valence-electron chi connectivity index (χ2n) is 7.94. The number of rotatable bonds is 7. The van der Waals surface area contributed by atoms with Crippen LogP contribution in [0, 0.1) is 0 Å². The van der Waals surface area contributed by atoms with Gasteiger partial charge in [0.1, 0.15) is 18.2 Å². The van der Waals surface area contributed by atoms with Gasteiger partial charge in [-0.1, -0.05) is 6.07 Å². The Labute approximate surface area is 202 Å². The number of benzene rings is 2. The summed E-state index contributed by atoms with van der Waals surface area (Å²) >= 11 is 1.76. The van der Waals surface area contributed by atoms with Crippen molar-refractivity contribution in [2.75, 3.05) is 34.6 Å². The first-order chi connectivity index (χ1) is 16.6. The largest absolute Gasteiger partial charge is 0.493 e. The molecule has 3 heterocycles. The molecule has 1 aromatic heterocycles. The number of hydrogen-bond donors (Lipinski definition) is 0. The normalized spacial score (nSPS) is 16.0. The van der Waals surface area contributed by atoms with Gasteiger partial charge >= 0.3 is 0 Å². The van der Waals surface area contributed by atoms with Crippen molar-refractivity contribution < 1.29 is 28.5 Å². The Kier molecular flexibility index (Phi) is 6.17. The average molecular weight is 480 g/mol. The van der Waals surface area contributed by atoms with Crippen LogP contribution in [0.5, 0.6) is 28.7 Å². The monoisotopic (exact) mass is 479 g/mol. The number of carbonyl (C=O) groups excluding carboxylic acids is 1. The van der Waals surface area contributed by atoms with Gasteiger partial charge in [-0.05, 0) is 48.2 Å². The fourth-order valence-electron chi connectivity index (χ4n) is 4.25. The van der Waals surface area contributed by atoms with Crippen molar-refractivity contribution >= 4 is 23.2 Å². The second kappa shape index (κ2) is 9.40. The first kappa shape index (κ1) is 22.3. The maximum atomic E-state index is 13.2. The maximum Gasteiger partial charge on any atom is 0.231 e. The van der Waals surface area contributed by atoms with E-state index < -0.39 is 0 Å². The maximum absolute atomic E-state index is 13.2. The number of nitrogens with zero attached hydrogens (tertiary/aromatic N) is 1. The van der Waals surface area contributed by atoms with Gasteiger partial charge in [-0.15, -0.1) is 11.3 Å². The molecule has 0 fully saturated rings. The molecule has 0 bridgehead atoms. The van der Waals surface area contributed by atoms with Crippen LogP contribution in [0.4, 0.5) is 0 Å². The van der Waals surface area contributed by atoms with Gasteiger partial charge < -0.3 is 23.7 Å². The number of hydrogen-bond acceptors (Lipinski definition) is 8. The van der Waals surface area contributed by atoms with Crippen molar-refractivity contribution in [3.63, 3.8) is 0 Å². The Balaban J connectivity index is 1.43. The van der Waals surface area contributed by atoms with E-state index in [4.69, 9.17) is 23.7 Å². The molecule has 0 unspecified atom stereocenters. The summed E-state index contributed by atoms with van der Waals surface area (Å²) in [5, 5.41) is 2.09. The van der Waals surface area contributed by atoms with Gasteiger partial charge in [0, 0.05) is 23.5 Å². The van der Waals surface area contributed by atoms with E-state index in [9.17, 15) is 4.79 Å². The summed E-state index contributed by atoms with van der Waals surface area (Å²) < 4.78 is 28.5. The molecular formula is C26H25NO6S. The first-order valence-electron chi connectivity index (χ1n) is 10.9. The zero-order chi connectivity index (χ0) is 23.7. The third-order valence-corrected chi connectivity index (χ3v) is 6.89. The molecule has 2 aromatic carbocycles. The number of allylic oxidation sites excluding steroid dienone is 1. The minimum absolute atomic E-state index is 0.176. The van der Waals surface area contributed by atoms with Crippen molar-refractivity contribution in [2.24, 2.45) is 0 Å². The quantitative estimate of drug-likeness (QED) is 0.452. The van der Waals surface area contributed by atoms with E-state index in [0.717, 1.165) is 24.3 Å². The van der Waals surface area contributed by atoms with E-state index in [-0.39, 0.29) is 11.5 Å². The molecule has 5 rings (SSSR count). The minimum Gasteiger partial charge on any atom is -0.493 e. The van der Waals surface area contributed by atoms with E-state index in [1.54, 1.807) is 56.9 Å². The molecule has 0 spiro atoms. The van der Waals surface area contributed by atoms with Crippen LogP contribution in [0.1, 0.15) is 26.4 Å². The van der Waals surface area contributed by atoms with Gasteiger partial charge in [-0.2, -0.15) is 0 Å². The summed E-state index contributed by atoms with van der Waals surface area (Å²) in [6.45, 7) is 2.03. The van der Waals surface area contributed by atoms with Crippen LogP contribution in [0.3, 0.4) is 0 Å². The van der Waals surface area contributed by atoms with Gasteiger partial charge in [0.25, 0.3) is 0 Å². The number of methoxy groups -OCH3 is 3. The number of ketones is 1. The molecular weight excluding hydrogens is 454 g/mol. The third kappa shape index (κ3) is 3.99. The molecule has 0 radical (unpaired) electrons. The Bertz CT molecular complexity index is 1250. The van der Waals surface area contributed by atoms with Gasteiger partial charge in [-0.25, -0.2) is 0 Å². The average Bonchev–Trinajstić information content (AvgIpc) is 3.50. The summed E-state index contributed by atoms with van der Waals surface area (Å²) in [5.41, 5.74) is 2.08. The molecule has 0 aliphatic carbocycles. The number of carbonyl (C=O) groups is 1. The number of thiophene rings is 1. The second-order valence-corrected chi connectivity index (χ2v) is 8.97. The van der Waals surface area contributed by atoms with Crippen LogP contribution in [0.2, 0.25) is 0 Å². The number of Topliss-reactive ketones (excluding diaryl/α,β-unsaturated/α-hetero) is 1. The number of fused-ring (bicyclic) bond motifs is 3. The molecule has 2 aliphatic rings. The Morgan fingerprint density at radius 1 is 1.06 bits per heavy atom. The van der Waals surface area contributed by atoms with Crippen molar-refractivity contribution in [3.8, 4) is 28.7 Å². The minimum atomic E-state index is -0.176. The van der Waals surface area contributed by atoms with Crippen LogP contribution >= 0.6 is 11.3 Å². The van der Waals surface area contributed by atoms with Crippen LogP contribution < -0.4 is 23.7 Å². The van der Waals surface area contributed by atoms with Gasteiger partial charge in [0.2, 0.25) is 11.5 Å². The summed E-state index contributed by atoms with van der Waals surface area (Å²) in [4.78, 5) is 16.7. The highest BCUT2D eigenvalue weighted by molar-refractivity contribution is 7.09. The molecule has 0 N–H and O–H groups in total. The molecule has 176 valence electrons. The van der Waals surface area contributed by atoms with E-state index >= 15 is 0 Å². The molecule has 8 heteroatoms. The molecule has 7 nitrogen and oxygen atoms in total. The highest BCUT2D eigenvalue weighted by atomic mass is 32.1. The summed E-state index contributed by atoms with van der Waals surface area (Å²) in [6.07, 6.45) is 2.63. The van der Waals surface area contributed by atoms with Crippen LogP contribution in [0.25, 0.3) is 6.08 Å². The van der Waals surface area contributed by atoms with E-state index in [1.165, 1.54) is 4.88 Å². The summed E-state index contributed by atoms with van der Waals surface area (Å²) in [7, 11) is 4.65. The predicted molar refractivity (Wildman–Crippen MR) is 129 cm³/mol. The molecule has 3 aromatic rings. The molecule has 0 saturated heterocycles. The topological polar surface area (TPSA) is 66.5 Å². The summed E-state index contributed by atoms with van der Waals surface area (Å²) in [6, 6.07) is 11.4. The smallest absolute Gasteiger partial charge is 0.231 e. The summed E-state index contributed by atoms with van der Waals surface area (Å²) in [5.74, 6) is 2.83. The molecule has 2 aliphatic heterocycles. The SMILES string of the molecule is COc1ccc(/C=C2\Oc3c(ccc4c3CN(CCc3cccs3)CO4)C2=O)c(OC)c1OC. The van der Waals surface area contributed by atoms with Crippen LogP contribution in [0.15, 0.2) is 47.5 Å². The molecule has 0 saturated carbocycles. The standard InChI is InChI=1S/C26H25NO6S/c1-29-21-8-6-16(24(30-2)26(21)31-3)13-22-23(28)18-7-9-20-19(25(18)33-22)14-27(15-32-20)11-10-17-5-4-12-34-17/h4-9,12-13H,10-11,14-15H2,1-3H3/b22-13-. The van der Waals surface area contributed by atoms with Crippen LogP contribution in [-0.4, -0.2) is 45.3 Å². The highest BCUT2D eigenvalue weighted by Gasteiger charge is 2.34. The van der Waals surface area contributed by atoms with E-state index in [1.807, 2.05) is 6.07 Å². The van der Waals surface area contributed by atoms with Gasteiger partial charge in [0.15, 0.2) is 17.3 Å². The molecule has 34 heavy (non-hydrogen) atoms. The van der Waals surface area contributed by atoms with Crippen molar-refractivity contribution in [1.82, 2.24) is 4.90 Å². The van der Waals surface area contributed by atoms with E-state index in [2.05, 4.69) is 22.4 Å². The lowest BCUT2D eigenvalue weighted by Crippen LogP contribution is -2.33. The number of ether oxygens (including phenoxy) is 5. The van der Waals surface area contributed by atoms with E-state index in [0.29, 0.717) is 47.4 Å². The van der Waals surface area contributed by atoms with Crippen molar-refractivity contribution in [3.05, 3.63) is 69.1 Å². The van der Waals surface area contributed by atoms with Crippen molar-refractivity contribution in [1.29, 1.82) is 0 Å². The fourth-order valence-corrected chi connectivity index (χ4v) is 4.95. The molecule has 0 atom stereocenters. The zero-order valence-corrected chi connectivity index (χ0v) is 20.1. The first-order valence-corrected chi connectivity index (χ1v) is 11.8. The lowest BCUT2D eigenvalue weighted by atomic mass is 10.0. The van der Waals surface area contributed by atoms with Gasteiger partial charge in [0.05, 0.1) is 32.5 Å². The Hall–Kier alpha value is -3.49. The fraction of sp³-hybridized carbons (Fsp3) is 0.269. The zero-order valence-electron chi connectivity index (χ0n) is 19.3. The Morgan fingerprint density at radius 3 is 2.65 bits per heavy atom. The Morgan fingerprint density at radius 2 is 1.91 bits per heavy atom. The predicted octanol–water partition coefficient (Wildman–Crippen LogP) is 4.78. The van der Waals surface area contributed by atoms with Crippen LogP contribution in [-0.2, 0) is 13.0 Å². The highest BCUT2D eigenvalue weighted by Crippen LogP contribution is 2.44. The molecule has 0 amide bonds. The van der Waals surface area contributed by atoms with Gasteiger partial charge in [-0.3, -0.25) is 9.69 Å². The third-order valence-electron chi connectivity index (χ3n) is 5.96. The van der Waals surface area contributed by atoms with Crippen molar-refractivity contribution in [2.45, 2.75) is 13.0 Å². The lowest BCUT2D eigenvalue weighted by Gasteiger charge is -2.29.